The number of amides is 1. The number of ether oxygens (including phenoxy) is 3. The molecule has 1 heterocycles. The van der Waals surface area contributed by atoms with Crippen molar-refractivity contribution in [3.05, 3.63) is 77.1 Å². The van der Waals surface area contributed by atoms with Crippen molar-refractivity contribution in [3.8, 4) is 11.5 Å². The molecule has 3 rings (SSSR count). The lowest BCUT2D eigenvalue weighted by Crippen LogP contribution is -2.33. The highest BCUT2D eigenvalue weighted by Gasteiger charge is 2.43. The van der Waals surface area contributed by atoms with Crippen molar-refractivity contribution in [2.45, 2.75) is 33.2 Å². The Morgan fingerprint density at radius 1 is 1.08 bits per heavy atom. The molecule has 2 aromatic carbocycles. The van der Waals surface area contributed by atoms with Crippen LogP contribution in [0.1, 0.15) is 44.4 Å². The molecule has 0 radical (unpaired) electrons. The minimum atomic E-state index is -0.788. The molecule has 0 saturated heterocycles. The Balaban J connectivity index is 1.98. The zero-order valence-electron chi connectivity index (χ0n) is 21.4. The summed E-state index contributed by atoms with van der Waals surface area (Å²) >= 11 is 0. The second-order valence-electron chi connectivity index (χ2n) is 8.93. The number of ketones is 1. The minimum absolute atomic E-state index is 0.0270. The number of rotatable bonds is 13. The number of hydrogen-bond donors (Lipinski definition) is 1. The Kier molecular flexibility index (Phi) is 9.70. The van der Waals surface area contributed by atoms with E-state index in [2.05, 4.69) is 13.8 Å². The average molecular weight is 494 g/mol. The molecule has 1 aliphatic heterocycles. The number of nitrogens with zero attached hydrogens (tertiary/aromatic N) is 1. The summed E-state index contributed by atoms with van der Waals surface area (Å²) in [4.78, 5) is 27.7. The van der Waals surface area contributed by atoms with Crippen LogP contribution in [0.25, 0.3) is 6.08 Å². The van der Waals surface area contributed by atoms with Gasteiger partial charge < -0.3 is 24.2 Å². The molecule has 1 unspecified atom stereocenters. The van der Waals surface area contributed by atoms with Gasteiger partial charge in [-0.1, -0.05) is 56.3 Å². The third-order valence-corrected chi connectivity index (χ3v) is 5.87. The molecule has 36 heavy (non-hydrogen) atoms. The maximum Gasteiger partial charge on any atom is 0.290 e. The fraction of sp³-hybridized carbons (Fsp3) is 0.379. The summed E-state index contributed by atoms with van der Waals surface area (Å²) in [6.07, 6.45) is 3.95. The van der Waals surface area contributed by atoms with E-state index in [9.17, 15) is 14.7 Å². The molecule has 192 valence electrons. The van der Waals surface area contributed by atoms with Crippen molar-refractivity contribution in [1.29, 1.82) is 0 Å². The summed E-state index contributed by atoms with van der Waals surface area (Å²) in [6, 6.07) is 13.9. The van der Waals surface area contributed by atoms with Gasteiger partial charge in [-0.25, -0.2) is 0 Å². The number of benzene rings is 2. The van der Waals surface area contributed by atoms with Gasteiger partial charge in [0.1, 0.15) is 0 Å². The molecular weight excluding hydrogens is 458 g/mol. The largest absolute Gasteiger partial charge is 0.503 e. The first-order valence-corrected chi connectivity index (χ1v) is 12.3. The van der Waals surface area contributed by atoms with Gasteiger partial charge in [0, 0.05) is 13.7 Å². The van der Waals surface area contributed by atoms with Crippen molar-refractivity contribution >= 4 is 17.8 Å². The minimum Gasteiger partial charge on any atom is -0.503 e. The van der Waals surface area contributed by atoms with Crippen LogP contribution in [0.3, 0.4) is 0 Å². The Morgan fingerprint density at radius 2 is 1.83 bits per heavy atom. The van der Waals surface area contributed by atoms with Gasteiger partial charge in [0.15, 0.2) is 23.0 Å². The standard InChI is InChI=1S/C29H35NO6/c1-5-35-25-19-22(12-14-24(25)36-17-15-20(2)3)27-26(28(32)29(33)30(27)16-18-34-4)23(31)13-11-21-9-7-6-8-10-21/h6-14,19-20,27,32H,5,15-18H2,1-4H3/b13-11+. The Morgan fingerprint density at radius 3 is 2.50 bits per heavy atom. The molecule has 1 aliphatic rings. The molecular formula is C29H35NO6. The van der Waals surface area contributed by atoms with Gasteiger partial charge in [-0.3, -0.25) is 9.59 Å². The number of hydrogen-bond acceptors (Lipinski definition) is 6. The second-order valence-corrected chi connectivity index (χ2v) is 8.93. The monoisotopic (exact) mass is 493 g/mol. The predicted octanol–water partition coefficient (Wildman–Crippen LogP) is 5.13. The molecule has 0 bridgehead atoms. The van der Waals surface area contributed by atoms with Crippen LogP contribution in [0, 0.1) is 5.92 Å². The van der Waals surface area contributed by atoms with E-state index < -0.39 is 23.5 Å². The lowest BCUT2D eigenvalue weighted by molar-refractivity contribution is -0.130. The topological polar surface area (TPSA) is 85.3 Å². The average Bonchev–Trinajstić information content (AvgIpc) is 3.12. The maximum atomic E-state index is 13.3. The first-order chi connectivity index (χ1) is 17.4. The summed E-state index contributed by atoms with van der Waals surface area (Å²) < 4.78 is 17.0. The van der Waals surface area contributed by atoms with Crippen molar-refractivity contribution in [2.75, 3.05) is 33.5 Å². The van der Waals surface area contributed by atoms with E-state index in [0.717, 1.165) is 12.0 Å². The molecule has 7 heteroatoms. The molecule has 2 aromatic rings. The fourth-order valence-corrected chi connectivity index (χ4v) is 3.98. The van der Waals surface area contributed by atoms with E-state index >= 15 is 0 Å². The highest BCUT2D eigenvalue weighted by Crippen LogP contribution is 2.41. The summed E-state index contributed by atoms with van der Waals surface area (Å²) in [5, 5.41) is 10.8. The Labute approximate surface area is 213 Å². The maximum absolute atomic E-state index is 13.3. The van der Waals surface area contributed by atoms with Crippen LogP contribution in [0.4, 0.5) is 0 Å². The van der Waals surface area contributed by atoms with Crippen LogP contribution in [0.5, 0.6) is 11.5 Å². The third kappa shape index (κ3) is 6.55. The molecule has 1 N–H and O–H groups in total. The molecule has 0 spiro atoms. The van der Waals surface area contributed by atoms with Gasteiger partial charge in [0.25, 0.3) is 5.91 Å². The highest BCUT2D eigenvalue weighted by atomic mass is 16.5. The molecule has 0 fully saturated rings. The van der Waals surface area contributed by atoms with Crippen molar-refractivity contribution < 1.29 is 28.9 Å². The van der Waals surface area contributed by atoms with Gasteiger partial charge in [-0.15, -0.1) is 0 Å². The third-order valence-electron chi connectivity index (χ3n) is 5.87. The van der Waals surface area contributed by atoms with E-state index in [0.29, 0.717) is 36.2 Å². The predicted molar refractivity (Wildman–Crippen MR) is 139 cm³/mol. The molecule has 1 atom stereocenters. The van der Waals surface area contributed by atoms with Crippen molar-refractivity contribution in [3.63, 3.8) is 0 Å². The van der Waals surface area contributed by atoms with E-state index in [1.165, 1.54) is 18.1 Å². The Hall–Kier alpha value is -3.58. The summed E-state index contributed by atoms with van der Waals surface area (Å²) in [5.74, 6) is 0.0295. The number of aliphatic hydroxyl groups is 1. The van der Waals surface area contributed by atoms with Gasteiger partial charge in [-0.2, -0.15) is 0 Å². The SMILES string of the molecule is CCOc1cc(C2C(C(=O)/C=C/c3ccccc3)=C(O)C(=O)N2CCOC)ccc1OCCC(C)C. The zero-order valence-corrected chi connectivity index (χ0v) is 21.4. The van der Waals surface area contributed by atoms with Crippen LogP contribution < -0.4 is 9.47 Å². The smallest absolute Gasteiger partial charge is 0.290 e. The number of methoxy groups -OCH3 is 1. The van der Waals surface area contributed by atoms with Crippen LogP contribution in [-0.4, -0.2) is 55.2 Å². The quantitative estimate of drug-likeness (QED) is 0.389. The zero-order chi connectivity index (χ0) is 26.1. The second kappa shape index (κ2) is 12.9. The highest BCUT2D eigenvalue weighted by molar-refractivity contribution is 6.14. The van der Waals surface area contributed by atoms with E-state index in [1.54, 1.807) is 24.3 Å². The van der Waals surface area contributed by atoms with Crippen molar-refractivity contribution in [2.24, 2.45) is 5.92 Å². The number of aliphatic hydroxyl groups excluding tert-OH is 1. The Bertz CT molecular complexity index is 1110. The number of allylic oxidation sites excluding steroid dienone is 1. The van der Waals surface area contributed by atoms with Crippen LogP contribution in [-0.2, 0) is 14.3 Å². The van der Waals surface area contributed by atoms with Crippen LogP contribution in [0.15, 0.2) is 65.9 Å². The van der Waals surface area contributed by atoms with E-state index in [4.69, 9.17) is 14.2 Å². The summed E-state index contributed by atoms with van der Waals surface area (Å²) in [6.45, 7) is 7.58. The normalized spacial score (nSPS) is 15.9. The van der Waals surface area contributed by atoms with Gasteiger partial charge in [0.2, 0.25) is 0 Å². The van der Waals surface area contributed by atoms with E-state index in [-0.39, 0.29) is 18.7 Å². The molecule has 7 nitrogen and oxygen atoms in total. The molecule has 0 saturated carbocycles. The number of carbonyl (C=O) groups is 2. The molecule has 1 amide bonds. The van der Waals surface area contributed by atoms with Gasteiger partial charge in [-0.05, 0) is 48.6 Å². The summed E-state index contributed by atoms with van der Waals surface area (Å²) in [7, 11) is 1.54. The molecule has 0 aliphatic carbocycles. The van der Waals surface area contributed by atoms with Gasteiger partial charge in [0.05, 0.1) is 31.4 Å². The first-order valence-electron chi connectivity index (χ1n) is 12.3. The lowest BCUT2D eigenvalue weighted by Gasteiger charge is -2.27. The first kappa shape index (κ1) is 27.0. The number of carbonyl (C=O) groups excluding carboxylic acids is 2. The summed E-state index contributed by atoms with van der Waals surface area (Å²) in [5.41, 5.74) is 1.50. The fourth-order valence-electron chi connectivity index (χ4n) is 3.98. The van der Waals surface area contributed by atoms with Crippen molar-refractivity contribution in [1.82, 2.24) is 4.90 Å². The lowest BCUT2D eigenvalue weighted by atomic mass is 9.95. The molecule has 0 aromatic heterocycles. The van der Waals surface area contributed by atoms with E-state index in [1.807, 2.05) is 37.3 Å². The van der Waals surface area contributed by atoms with Crippen LogP contribution in [0.2, 0.25) is 0 Å². The van der Waals surface area contributed by atoms with Crippen LogP contribution >= 0.6 is 0 Å². The van der Waals surface area contributed by atoms with Gasteiger partial charge >= 0.3 is 0 Å².